The highest BCUT2D eigenvalue weighted by atomic mass is 32.1. The maximum atomic E-state index is 12.5. The van der Waals surface area contributed by atoms with E-state index in [4.69, 9.17) is 4.74 Å². The van der Waals surface area contributed by atoms with Crippen molar-refractivity contribution in [3.05, 3.63) is 46.4 Å². The van der Waals surface area contributed by atoms with Gasteiger partial charge in [0.1, 0.15) is 16.5 Å². The van der Waals surface area contributed by atoms with Gasteiger partial charge in [0.15, 0.2) is 5.82 Å². The zero-order valence-electron chi connectivity index (χ0n) is 13.7. The Morgan fingerprint density at radius 1 is 1.29 bits per heavy atom. The number of ether oxygens (including phenoxy) is 1. The number of aromatic nitrogens is 3. The molecule has 7 heteroatoms. The number of benzene rings is 1. The third-order valence-electron chi connectivity index (χ3n) is 3.52. The zero-order chi connectivity index (χ0) is 17.1. The van der Waals surface area contributed by atoms with E-state index in [-0.39, 0.29) is 11.8 Å². The summed E-state index contributed by atoms with van der Waals surface area (Å²) in [5, 5.41) is 11.9. The molecule has 0 radical (unpaired) electrons. The van der Waals surface area contributed by atoms with Gasteiger partial charge in [0.05, 0.1) is 12.8 Å². The predicted octanol–water partition coefficient (Wildman–Crippen LogP) is 3.92. The number of hydrogen-bond donors (Lipinski definition) is 2. The van der Waals surface area contributed by atoms with Gasteiger partial charge in [-0.15, -0.1) is 11.3 Å². The van der Waals surface area contributed by atoms with Gasteiger partial charge in [-0.1, -0.05) is 26.0 Å². The summed E-state index contributed by atoms with van der Waals surface area (Å²) < 4.78 is 5.21. The average Bonchev–Trinajstić information content (AvgIpc) is 3.24. The van der Waals surface area contributed by atoms with Gasteiger partial charge < -0.3 is 10.1 Å². The summed E-state index contributed by atoms with van der Waals surface area (Å²) in [6.07, 6.45) is 0. The molecule has 24 heavy (non-hydrogen) atoms. The Morgan fingerprint density at radius 2 is 2.08 bits per heavy atom. The predicted molar refractivity (Wildman–Crippen MR) is 94.7 cm³/mol. The second kappa shape index (κ2) is 6.84. The van der Waals surface area contributed by atoms with Crippen molar-refractivity contribution in [2.24, 2.45) is 0 Å². The Balaban J connectivity index is 1.90. The fourth-order valence-electron chi connectivity index (χ4n) is 2.24. The van der Waals surface area contributed by atoms with E-state index in [1.165, 1.54) is 11.3 Å². The number of nitrogens with zero attached hydrogens (tertiary/aromatic N) is 2. The highest BCUT2D eigenvalue weighted by molar-refractivity contribution is 7.12. The molecule has 1 amide bonds. The number of aromatic amines is 1. The van der Waals surface area contributed by atoms with E-state index >= 15 is 0 Å². The second-order valence-corrected chi connectivity index (χ2v) is 6.43. The molecular weight excluding hydrogens is 324 g/mol. The van der Waals surface area contributed by atoms with E-state index in [0.717, 1.165) is 11.4 Å². The molecular formula is C17H18N4O2S. The van der Waals surface area contributed by atoms with Crippen molar-refractivity contribution >= 4 is 22.9 Å². The number of methoxy groups -OCH3 is 1. The van der Waals surface area contributed by atoms with E-state index in [2.05, 4.69) is 20.5 Å². The molecule has 0 saturated heterocycles. The van der Waals surface area contributed by atoms with Crippen LogP contribution in [0.4, 0.5) is 5.69 Å². The van der Waals surface area contributed by atoms with Crippen LogP contribution >= 0.6 is 11.3 Å². The SMILES string of the molecule is COc1ccsc1C(=O)Nc1ccccc1-c1n[nH]c(C(C)C)n1. The number of para-hydroxylation sites is 1. The fraction of sp³-hybridized carbons (Fsp3) is 0.235. The Labute approximate surface area is 143 Å². The van der Waals surface area contributed by atoms with Crippen LogP contribution in [0, 0.1) is 0 Å². The summed E-state index contributed by atoms with van der Waals surface area (Å²) in [5.74, 6) is 1.98. The van der Waals surface area contributed by atoms with E-state index in [1.54, 1.807) is 13.2 Å². The number of thiophene rings is 1. The first kappa shape index (κ1) is 16.2. The molecule has 0 atom stereocenters. The number of rotatable bonds is 5. The van der Waals surface area contributed by atoms with Crippen molar-refractivity contribution in [3.8, 4) is 17.1 Å². The molecule has 0 aliphatic carbocycles. The van der Waals surface area contributed by atoms with E-state index in [0.29, 0.717) is 22.1 Å². The first-order chi connectivity index (χ1) is 11.6. The topological polar surface area (TPSA) is 79.9 Å². The Morgan fingerprint density at radius 3 is 2.79 bits per heavy atom. The van der Waals surface area contributed by atoms with Gasteiger partial charge in [-0.3, -0.25) is 9.89 Å². The molecule has 2 aromatic heterocycles. The minimum atomic E-state index is -0.214. The lowest BCUT2D eigenvalue weighted by Crippen LogP contribution is -2.12. The lowest BCUT2D eigenvalue weighted by Gasteiger charge is -2.09. The highest BCUT2D eigenvalue weighted by Crippen LogP contribution is 2.29. The largest absolute Gasteiger partial charge is 0.495 e. The molecule has 124 valence electrons. The lowest BCUT2D eigenvalue weighted by molar-refractivity contribution is 0.102. The van der Waals surface area contributed by atoms with Gasteiger partial charge in [0.25, 0.3) is 5.91 Å². The number of carbonyl (C=O) groups is 1. The Kier molecular flexibility index (Phi) is 4.61. The van der Waals surface area contributed by atoms with Crippen LogP contribution in [0.3, 0.4) is 0 Å². The molecule has 2 heterocycles. The lowest BCUT2D eigenvalue weighted by atomic mass is 10.1. The summed E-state index contributed by atoms with van der Waals surface area (Å²) in [5.41, 5.74) is 1.43. The van der Waals surface area contributed by atoms with E-state index in [1.807, 2.05) is 43.5 Å². The molecule has 3 rings (SSSR count). The maximum Gasteiger partial charge on any atom is 0.269 e. The van der Waals surface area contributed by atoms with Crippen LogP contribution < -0.4 is 10.1 Å². The van der Waals surface area contributed by atoms with Crippen molar-refractivity contribution in [1.29, 1.82) is 0 Å². The summed E-state index contributed by atoms with van der Waals surface area (Å²) in [7, 11) is 1.55. The van der Waals surface area contributed by atoms with Crippen molar-refractivity contribution in [2.45, 2.75) is 19.8 Å². The van der Waals surface area contributed by atoms with Crippen LogP contribution in [0.25, 0.3) is 11.4 Å². The molecule has 0 unspecified atom stereocenters. The van der Waals surface area contributed by atoms with Crippen molar-refractivity contribution < 1.29 is 9.53 Å². The Hall–Kier alpha value is -2.67. The number of amides is 1. The summed E-state index contributed by atoms with van der Waals surface area (Å²) in [6.45, 7) is 4.09. The average molecular weight is 342 g/mol. The smallest absolute Gasteiger partial charge is 0.269 e. The van der Waals surface area contributed by atoms with Crippen LogP contribution in [0.2, 0.25) is 0 Å². The maximum absolute atomic E-state index is 12.5. The molecule has 2 N–H and O–H groups in total. The van der Waals surface area contributed by atoms with Gasteiger partial charge in [-0.2, -0.15) is 5.10 Å². The minimum absolute atomic E-state index is 0.214. The van der Waals surface area contributed by atoms with Crippen molar-refractivity contribution in [1.82, 2.24) is 15.2 Å². The second-order valence-electron chi connectivity index (χ2n) is 5.52. The molecule has 0 spiro atoms. The van der Waals surface area contributed by atoms with Crippen LogP contribution in [-0.4, -0.2) is 28.2 Å². The van der Waals surface area contributed by atoms with Gasteiger partial charge >= 0.3 is 0 Å². The zero-order valence-corrected chi connectivity index (χ0v) is 14.5. The molecule has 0 aliphatic heterocycles. The van der Waals surface area contributed by atoms with Gasteiger partial charge in [-0.25, -0.2) is 4.98 Å². The first-order valence-corrected chi connectivity index (χ1v) is 8.42. The van der Waals surface area contributed by atoms with Crippen molar-refractivity contribution in [3.63, 3.8) is 0 Å². The number of H-pyrrole nitrogens is 1. The van der Waals surface area contributed by atoms with Crippen LogP contribution in [0.1, 0.15) is 35.3 Å². The Bertz CT molecular complexity index is 854. The first-order valence-electron chi connectivity index (χ1n) is 7.54. The minimum Gasteiger partial charge on any atom is -0.495 e. The third kappa shape index (κ3) is 3.16. The fourth-order valence-corrected chi connectivity index (χ4v) is 3.00. The highest BCUT2D eigenvalue weighted by Gasteiger charge is 2.17. The summed E-state index contributed by atoms with van der Waals surface area (Å²) >= 11 is 1.34. The molecule has 6 nitrogen and oxygen atoms in total. The third-order valence-corrected chi connectivity index (χ3v) is 4.42. The molecule has 0 fully saturated rings. The summed E-state index contributed by atoms with van der Waals surface area (Å²) in [4.78, 5) is 17.6. The number of carbonyl (C=O) groups excluding carboxylic acids is 1. The van der Waals surface area contributed by atoms with Crippen LogP contribution in [0.15, 0.2) is 35.7 Å². The monoisotopic (exact) mass is 342 g/mol. The van der Waals surface area contributed by atoms with Crippen LogP contribution in [0.5, 0.6) is 5.75 Å². The summed E-state index contributed by atoms with van der Waals surface area (Å²) in [6, 6.07) is 9.24. The number of nitrogens with one attached hydrogen (secondary N) is 2. The molecule has 0 saturated carbocycles. The van der Waals surface area contributed by atoms with Gasteiger partial charge in [0.2, 0.25) is 0 Å². The normalized spacial score (nSPS) is 10.8. The van der Waals surface area contributed by atoms with Gasteiger partial charge in [0, 0.05) is 11.5 Å². The molecule has 1 aromatic carbocycles. The molecule has 3 aromatic rings. The van der Waals surface area contributed by atoms with E-state index in [9.17, 15) is 4.79 Å². The molecule has 0 bridgehead atoms. The van der Waals surface area contributed by atoms with Gasteiger partial charge in [-0.05, 0) is 23.6 Å². The van der Waals surface area contributed by atoms with Crippen molar-refractivity contribution in [2.75, 3.05) is 12.4 Å². The number of hydrogen-bond acceptors (Lipinski definition) is 5. The van der Waals surface area contributed by atoms with E-state index < -0.39 is 0 Å². The van der Waals surface area contributed by atoms with Crippen LogP contribution in [-0.2, 0) is 0 Å². The quantitative estimate of drug-likeness (QED) is 0.736. The standard InChI is InChI=1S/C17H18N4O2S/c1-10(2)15-19-16(21-20-15)11-6-4-5-7-12(11)18-17(22)14-13(23-3)8-9-24-14/h4-10H,1-3H3,(H,18,22)(H,19,20,21). The molecule has 0 aliphatic rings. The number of anilines is 1.